The number of aromatic nitrogens is 4. The van der Waals surface area contributed by atoms with Gasteiger partial charge in [-0.2, -0.15) is 5.10 Å². The third-order valence-electron chi connectivity index (χ3n) is 6.05. The van der Waals surface area contributed by atoms with Crippen LogP contribution in [0.2, 0.25) is 0 Å². The first kappa shape index (κ1) is 27.1. The zero-order valence-electron chi connectivity index (χ0n) is 22.5. The van der Waals surface area contributed by atoms with Crippen LogP contribution in [-0.4, -0.2) is 70.1 Å². The summed E-state index contributed by atoms with van der Waals surface area (Å²) in [5, 5.41) is 13.5. The molecule has 10 nitrogen and oxygen atoms in total. The highest BCUT2D eigenvalue weighted by Gasteiger charge is 2.19. The lowest BCUT2D eigenvalue weighted by atomic mass is 9.92. The zero-order valence-corrected chi connectivity index (χ0v) is 22.5. The second-order valence-corrected chi connectivity index (χ2v) is 10.2. The molecular weight excluding hydrogens is 480 g/mol. The van der Waals surface area contributed by atoms with Crippen molar-refractivity contribution in [1.29, 1.82) is 0 Å². The minimum atomic E-state index is -0.347. The van der Waals surface area contributed by atoms with Crippen LogP contribution in [-0.2, 0) is 17.2 Å². The summed E-state index contributed by atoms with van der Waals surface area (Å²) in [7, 11) is 1.81. The van der Waals surface area contributed by atoms with Gasteiger partial charge in [0.25, 0.3) is 0 Å². The monoisotopic (exact) mass is 516 g/mol. The summed E-state index contributed by atoms with van der Waals surface area (Å²) in [6.45, 7) is 11.7. The van der Waals surface area contributed by atoms with Crippen molar-refractivity contribution in [3.05, 3.63) is 59.5 Å². The standard InChI is InChI=1S/C28H36N8O2/c1-28(2,3)24-18-25(35(4)34-24)33-27(37)32-23-8-5-7-21(17-23)9-10-22-19-30-26(31-20-22)29-11-6-12-36-13-15-38-16-14-36/h5,7-8,17-20H,6,11-16H2,1-4H3,(H,29,30,31)(H2,32,33,37). The van der Waals surface area contributed by atoms with Gasteiger partial charge in [-0.3, -0.25) is 14.9 Å². The summed E-state index contributed by atoms with van der Waals surface area (Å²) in [5.74, 6) is 7.41. The van der Waals surface area contributed by atoms with E-state index in [0.717, 1.165) is 57.1 Å². The van der Waals surface area contributed by atoms with E-state index >= 15 is 0 Å². The molecule has 2 aromatic heterocycles. The molecule has 3 heterocycles. The van der Waals surface area contributed by atoms with Crippen molar-refractivity contribution in [2.45, 2.75) is 32.6 Å². The first-order chi connectivity index (χ1) is 18.3. The normalized spacial score (nSPS) is 13.9. The number of hydrogen-bond donors (Lipinski definition) is 3. The van der Waals surface area contributed by atoms with E-state index in [4.69, 9.17) is 4.74 Å². The molecule has 38 heavy (non-hydrogen) atoms. The first-order valence-electron chi connectivity index (χ1n) is 12.9. The van der Waals surface area contributed by atoms with Gasteiger partial charge in [-0.05, 0) is 31.2 Å². The molecule has 1 saturated heterocycles. The Bertz CT molecular complexity index is 1280. The number of amides is 2. The van der Waals surface area contributed by atoms with Gasteiger partial charge in [0.15, 0.2) is 0 Å². The Balaban J connectivity index is 1.27. The predicted molar refractivity (Wildman–Crippen MR) is 149 cm³/mol. The highest BCUT2D eigenvalue weighted by Crippen LogP contribution is 2.23. The van der Waals surface area contributed by atoms with Gasteiger partial charge in [0.2, 0.25) is 5.95 Å². The van der Waals surface area contributed by atoms with E-state index in [2.05, 4.69) is 68.5 Å². The molecule has 0 bridgehead atoms. The van der Waals surface area contributed by atoms with Crippen molar-refractivity contribution in [3.63, 3.8) is 0 Å². The molecule has 0 atom stereocenters. The maximum absolute atomic E-state index is 12.6. The van der Waals surface area contributed by atoms with Gasteiger partial charge in [0, 0.05) is 61.8 Å². The molecule has 3 aromatic rings. The molecule has 1 aromatic carbocycles. The van der Waals surface area contributed by atoms with E-state index < -0.39 is 0 Å². The van der Waals surface area contributed by atoms with Gasteiger partial charge in [-0.1, -0.05) is 38.7 Å². The SMILES string of the molecule is Cn1nc(C(C)(C)C)cc1NC(=O)Nc1cccc(C#Cc2cnc(NCCCN3CCOCC3)nc2)c1. The number of ether oxygens (including phenoxy) is 1. The van der Waals surface area contributed by atoms with E-state index in [1.165, 1.54) is 0 Å². The Labute approximate surface area is 224 Å². The highest BCUT2D eigenvalue weighted by molar-refractivity contribution is 5.99. The Morgan fingerprint density at radius 3 is 2.50 bits per heavy atom. The highest BCUT2D eigenvalue weighted by atomic mass is 16.5. The zero-order chi connectivity index (χ0) is 27.0. The molecule has 1 fully saturated rings. The van der Waals surface area contributed by atoms with E-state index in [-0.39, 0.29) is 11.4 Å². The number of rotatable bonds is 7. The number of benzene rings is 1. The molecule has 0 unspecified atom stereocenters. The van der Waals surface area contributed by atoms with Crippen LogP contribution < -0.4 is 16.0 Å². The first-order valence-corrected chi connectivity index (χ1v) is 12.9. The maximum Gasteiger partial charge on any atom is 0.324 e. The summed E-state index contributed by atoms with van der Waals surface area (Å²) in [4.78, 5) is 23.7. The lowest BCUT2D eigenvalue weighted by Gasteiger charge is -2.26. The van der Waals surface area contributed by atoms with Crippen molar-refractivity contribution >= 4 is 23.5 Å². The number of nitrogens with zero attached hydrogens (tertiary/aromatic N) is 5. The molecule has 0 saturated carbocycles. The summed E-state index contributed by atoms with van der Waals surface area (Å²) >= 11 is 0. The second-order valence-electron chi connectivity index (χ2n) is 10.2. The Hall–Kier alpha value is -3.94. The lowest BCUT2D eigenvalue weighted by Crippen LogP contribution is -2.37. The average Bonchev–Trinajstić information content (AvgIpc) is 3.27. The fraction of sp³-hybridized carbons (Fsp3) is 0.429. The van der Waals surface area contributed by atoms with E-state index in [1.54, 1.807) is 24.1 Å². The van der Waals surface area contributed by atoms with Crippen LogP contribution in [0, 0.1) is 11.8 Å². The summed E-state index contributed by atoms with van der Waals surface area (Å²) in [6, 6.07) is 8.91. The minimum absolute atomic E-state index is 0.105. The molecule has 10 heteroatoms. The smallest absolute Gasteiger partial charge is 0.324 e. The van der Waals surface area contributed by atoms with Crippen LogP contribution in [0.4, 0.5) is 22.2 Å². The van der Waals surface area contributed by atoms with Crippen LogP contribution in [0.3, 0.4) is 0 Å². The van der Waals surface area contributed by atoms with Gasteiger partial charge >= 0.3 is 6.03 Å². The fourth-order valence-electron chi connectivity index (χ4n) is 3.86. The summed E-state index contributed by atoms with van der Waals surface area (Å²) in [6.07, 6.45) is 4.44. The number of carbonyl (C=O) groups is 1. The average molecular weight is 517 g/mol. The number of nitrogens with one attached hydrogen (secondary N) is 3. The van der Waals surface area contributed by atoms with Crippen molar-refractivity contribution in [2.75, 3.05) is 55.3 Å². The molecule has 3 N–H and O–H groups in total. The molecule has 4 rings (SSSR count). The van der Waals surface area contributed by atoms with E-state index in [9.17, 15) is 4.79 Å². The number of hydrogen-bond acceptors (Lipinski definition) is 7. The number of urea groups is 1. The number of anilines is 3. The molecular formula is C28H36N8O2. The van der Waals surface area contributed by atoms with Crippen molar-refractivity contribution in [3.8, 4) is 11.8 Å². The second kappa shape index (κ2) is 12.5. The lowest BCUT2D eigenvalue weighted by molar-refractivity contribution is 0.0378. The van der Waals surface area contributed by atoms with Gasteiger partial charge < -0.3 is 15.4 Å². The molecule has 2 amide bonds. The van der Waals surface area contributed by atoms with Crippen molar-refractivity contribution in [1.82, 2.24) is 24.6 Å². The largest absolute Gasteiger partial charge is 0.379 e. The van der Waals surface area contributed by atoms with Crippen LogP contribution in [0.1, 0.15) is 44.0 Å². The number of morpholine rings is 1. The van der Waals surface area contributed by atoms with E-state index in [0.29, 0.717) is 23.0 Å². The van der Waals surface area contributed by atoms with Crippen LogP contribution >= 0.6 is 0 Å². The summed E-state index contributed by atoms with van der Waals surface area (Å²) in [5.41, 5.74) is 2.92. The maximum atomic E-state index is 12.6. The molecule has 1 aliphatic heterocycles. The van der Waals surface area contributed by atoms with Crippen LogP contribution in [0.25, 0.3) is 0 Å². The third-order valence-corrected chi connectivity index (χ3v) is 6.05. The molecule has 200 valence electrons. The molecule has 0 aliphatic carbocycles. The molecule has 1 aliphatic rings. The van der Waals surface area contributed by atoms with Crippen molar-refractivity contribution in [2.24, 2.45) is 7.05 Å². The van der Waals surface area contributed by atoms with Crippen molar-refractivity contribution < 1.29 is 9.53 Å². The van der Waals surface area contributed by atoms with Gasteiger partial charge in [-0.15, -0.1) is 0 Å². The predicted octanol–water partition coefficient (Wildman–Crippen LogP) is 3.69. The van der Waals surface area contributed by atoms with Gasteiger partial charge in [0.05, 0.1) is 24.5 Å². The Kier molecular flexibility index (Phi) is 8.94. The number of carbonyl (C=O) groups excluding carboxylic acids is 1. The van der Waals surface area contributed by atoms with Crippen LogP contribution in [0.5, 0.6) is 0 Å². The van der Waals surface area contributed by atoms with E-state index in [1.807, 2.05) is 30.3 Å². The topological polar surface area (TPSA) is 109 Å². The number of aryl methyl sites for hydroxylation is 1. The summed E-state index contributed by atoms with van der Waals surface area (Å²) < 4.78 is 7.04. The third kappa shape index (κ3) is 8.03. The Morgan fingerprint density at radius 2 is 1.79 bits per heavy atom. The van der Waals surface area contributed by atoms with Gasteiger partial charge in [0.1, 0.15) is 5.82 Å². The fourth-order valence-corrected chi connectivity index (χ4v) is 3.86. The Morgan fingerprint density at radius 1 is 1.05 bits per heavy atom. The molecule has 0 radical (unpaired) electrons. The van der Waals surface area contributed by atoms with Crippen LogP contribution in [0.15, 0.2) is 42.7 Å². The van der Waals surface area contributed by atoms with Gasteiger partial charge in [-0.25, -0.2) is 14.8 Å². The molecule has 0 spiro atoms. The minimum Gasteiger partial charge on any atom is -0.379 e. The quantitative estimate of drug-likeness (QED) is 0.325.